The Kier molecular flexibility index (Phi) is 5.88. The number of imidazole rings is 1. The molecular weight excluding hydrogens is 387 g/mol. The Balaban J connectivity index is 1.86. The average molecular weight is 405 g/mol. The van der Waals surface area contributed by atoms with Crippen molar-refractivity contribution in [2.45, 2.75) is 13.5 Å². The zero-order valence-electron chi connectivity index (χ0n) is 14.8. The van der Waals surface area contributed by atoms with E-state index in [1.165, 1.54) is 4.68 Å². The van der Waals surface area contributed by atoms with Crippen LogP contribution in [0.2, 0.25) is 10.0 Å². The number of nitrogen functional groups attached to an aromatic ring is 1. The maximum Gasteiger partial charge on any atom is 0.221 e. The van der Waals surface area contributed by atoms with E-state index in [1.807, 2.05) is 31.2 Å². The largest absolute Gasteiger partial charge is 0.493 e. The van der Waals surface area contributed by atoms with Gasteiger partial charge in [0, 0.05) is 5.56 Å². The minimum absolute atomic E-state index is 0.296. The first-order chi connectivity index (χ1) is 13.0. The van der Waals surface area contributed by atoms with Crippen LogP contribution in [-0.4, -0.2) is 23.0 Å². The summed E-state index contributed by atoms with van der Waals surface area (Å²) in [6.45, 7) is 2.14. The van der Waals surface area contributed by atoms with Crippen molar-refractivity contribution in [3.63, 3.8) is 0 Å². The van der Waals surface area contributed by atoms with E-state index in [4.69, 9.17) is 38.4 Å². The molecule has 0 bridgehead atoms. The van der Waals surface area contributed by atoms with E-state index in [0.717, 1.165) is 16.8 Å². The predicted octanol–water partition coefficient (Wildman–Crippen LogP) is 4.55. The van der Waals surface area contributed by atoms with Crippen molar-refractivity contribution < 1.29 is 9.47 Å². The molecular formula is C19H18Cl2N4O2. The average Bonchev–Trinajstić information content (AvgIpc) is 2.98. The highest BCUT2D eigenvalue weighted by molar-refractivity contribution is 6.42. The van der Waals surface area contributed by atoms with Crippen molar-refractivity contribution in [2.75, 3.05) is 12.8 Å². The number of aryl methyl sites for hydroxylation is 1. The number of hydrogen-bond acceptors (Lipinski definition) is 5. The first-order valence-corrected chi connectivity index (χ1v) is 8.83. The molecule has 0 fully saturated rings. The van der Waals surface area contributed by atoms with E-state index >= 15 is 0 Å². The van der Waals surface area contributed by atoms with Crippen LogP contribution in [0.4, 0.5) is 5.95 Å². The highest BCUT2D eigenvalue weighted by Gasteiger charge is 2.11. The number of anilines is 1. The van der Waals surface area contributed by atoms with Gasteiger partial charge < -0.3 is 15.2 Å². The molecule has 0 saturated heterocycles. The van der Waals surface area contributed by atoms with Crippen molar-refractivity contribution in [3.05, 3.63) is 69.5 Å². The zero-order valence-corrected chi connectivity index (χ0v) is 16.3. The van der Waals surface area contributed by atoms with Gasteiger partial charge in [0.1, 0.15) is 6.61 Å². The van der Waals surface area contributed by atoms with Gasteiger partial charge >= 0.3 is 0 Å². The van der Waals surface area contributed by atoms with Gasteiger partial charge in [0.05, 0.1) is 35.3 Å². The van der Waals surface area contributed by atoms with Crippen molar-refractivity contribution in [1.29, 1.82) is 0 Å². The lowest BCUT2D eigenvalue weighted by molar-refractivity contribution is 0.284. The second kappa shape index (κ2) is 8.33. The maximum absolute atomic E-state index is 6.07. The molecule has 2 N–H and O–H groups in total. The molecule has 1 heterocycles. The first kappa shape index (κ1) is 19.1. The normalized spacial score (nSPS) is 11.1. The Labute approximate surface area is 167 Å². The van der Waals surface area contributed by atoms with Crippen LogP contribution in [0.15, 0.2) is 47.7 Å². The third kappa shape index (κ3) is 4.53. The van der Waals surface area contributed by atoms with Crippen molar-refractivity contribution in [3.8, 4) is 11.5 Å². The molecule has 2 aromatic carbocycles. The van der Waals surface area contributed by atoms with Crippen LogP contribution in [0, 0.1) is 6.92 Å². The van der Waals surface area contributed by atoms with Crippen LogP contribution in [0.25, 0.3) is 0 Å². The number of nitrogens with two attached hydrogens (primary N) is 1. The van der Waals surface area contributed by atoms with Crippen LogP contribution in [0.1, 0.15) is 16.8 Å². The van der Waals surface area contributed by atoms with Crippen LogP contribution in [0.3, 0.4) is 0 Å². The van der Waals surface area contributed by atoms with Gasteiger partial charge in [0.15, 0.2) is 11.5 Å². The van der Waals surface area contributed by atoms with E-state index in [0.29, 0.717) is 34.1 Å². The van der Waals surface area contributed by atoms with Gasteiger partial charge in [-0.05, 0) is 36.8 Å². The lowest BCUT2D eigenvalue weighted by atomic mass is 10.2. The lowest BCUT2D eigenvalue weighted by Crippen LogP contribution is -2.02. The lowest BCUT2D eigenvalue weighted by Gasteiger charge is -2.13. The Morgan fingerprint density at radius 2 is 2.04 bits per heavy atom. The van der Waals surface area contributed by atoms with Gasteiger partial charge in [0.2, 0.25) is 5.95 Å². The van der Waals surface area contributed by atoms with E-state index < -0.39 is 0 Å². The van der Waals surface area contributed by atoms with Gasteiger partial charge in [-0.2, -0.15) is 5.10 Å². The second-order valence-corrected chi connectivity index (χ2v) is 6.56. The van der Waals surface area contributed by atoms with Crippen LogP contribution in [-0.2, 0) is 6.61 Å². The number of aromatic nitrogens is 2. The van der Waals surface area contributed by atoms with E-state index in [1.54, 1.807) is 31.7 Å². The quantitative estimate of drug-likeness (QED) is 0.611. The fourth-order valence-electron chi connectivity index (χ4n) is 2.46. The standard InChI is InChI=1S/C19H18Cl2N4O2/c1-12-10-25(19(22)24-12)23-9-14-4-3-5-17(26-2)18(14)27-11-13-6-7-15(20)16(21)8-13/h3-10H,11H2,1-2H3,(H2,22,24). The molecule has 0 aliphatic rings. The maximum atomic E-state index is 6.07. The summed E-state index contributed by atoms with van der Waals surface area (Å²) in [4.78, 5) is 4.12. The molecule has 27 heavy (non-hydrogen) atoms. The predicted molar refractivity (Wildman–Crippen MR) is 108 cm³/mol. The van der Waals surface area contributed by atoms with E-state index in [-0.39, 0.29) is 0 Å². The molecule has 140 valence electrons. The van der Waals surface area contributed by atoms with Crippen LogP contribution >= 0.6 is 23.2 Å². The first-order valence-electron chi connectivity index (χ1n) is 8.07. The Morgan fingerprint density at radius 1 is 1.22 bits per heavy atom. The third-order valence-electron chi connectivity index (χ3n) is 3.75. The summed E-state index contributed by atoms with van der Waals surface area (Å²) in [5.74, 6) is 1.46. The number of ether oxygens (including phenoxy) is 2. The molecule has 0 radical (unpaired) electrons. The minimum atomic E-state index is 0.296. The highest BCUT2D eigenvalue weighted by atomic mass is 35.5. The van der Waals surface area contributed by atoms with E-state index in [2.05, 4.69) is 10.1 Å². The summed E-state index contributed by atoms with van der Waals surface area (Å²) >= 11 is 12.0. The molecule has 3 rings (SSSR count). The van der Waals surface area contributed by atoms with Gasteiger partial charge in [0.25, 0.3) is 0 Å². The summed E-state index contributed by atoms with van der Waals surface area (Å²) in [6, 6.07) is 10.9. The van der Waals surface area contributed by atoms with Crippen molar-refractivity contribution >= 4 is 35.4 Å². The van der Waals surface area contributed by atoms with Gasteiger partial charge in [-0.15, -0.1) is 0 Å². The Hall–Kier alpha value is -2.70. The summed E-state index contributed by atoms with van der Waals surface area (Å²) < 4.78 is 12.9. The van der Waals surface area contributed by atoms with Crippen LogP contribution < -0.4 is 15.2 Å². The van der Waals surface area contributed by atoms with Gasteiger partial charge in [-0.3, -0.25) is 0 Å². The number of para-hydroxylation sites is 1. The molecule has 0 amide bonds. The number of nitrogens with zero attached hydrogens (tertiary/aromatic N) is 3. The fraction of sp³-hybridized carbons (Fsp3) is 0.158. The van der Waals surface area contributed by atoms with E-state index in [9.17, 15) is 0 Å². The van der Waals surface area contributed by atoms with Crippen molar-refractivity contribution in [1.82, 2.24) is 9.66 Å². The molecule has 6 nitrogen and oxygen atoms in total. The Bertz CT molecular complexity index is 986. The zero-order chi connectivity index (χ0) is 19.4. The summed E-state index contributed by atoms with van der Waals surface area (Å²) in [5, 5.41) is 5.32. The number of halogens is 2. The molecule has 0 spiro atoms. The van der Waals surface area contributed by atoms with Gasteiger partial charge in [-0.1, -0.05) is 35.3 Å². The Morgan fingerprint density at radius 3 is 2.70 bits per heavy atom. The number of hydrogen-bond donors (Lipinski definition) is 1. The fourth-order valence-corrected chi connectivity index (χ4v) is 2.78. The molecule has 0 aliphatic heterocycles. The molecule has 0 unspecified atom stereocenters. The summed E-state index contributed by atoms with van der Waals surface area (Å²) in [5.41, 5.74) is 8.22. The summed E-state index contributed by atoms with van der Waals surface area (Å²) in [7, 11) is 1.58. The molecule has 1 aromatic heterocycles. The molecule has 8 heteroatoms. The summed E-state index contributed by atoms with van der Waals surface area (Å²) in [6.07, 6.45) is 3.38. The highest BCUT2D eigenvalue weighted by Crippen LogP contribution is 2.31. The SMILES string of the molecule is COc1cccc(C=Nn2cc(C)nc2N)c1OCc1ccc(Cl)c(Cl)c1. The smallest absolute Gasteiger partial charge is 0.221 e. The van der Waals surface area contributed by atoms with Gasteiger partial charge in [-0.25, -0.2) is 9.66 Å². The molecule has 0 aliphatic carbocycles. The third-order valence-corrected chi connectivity index (χ3v) is 4.49. The molecule has 3 aromatic rings. The van der Waals surface area contributed by atoms with Crippen LogP contribution in [0.5, 0.6) is 11.5 Å². The second-order valence-electron chi connectivity index (χ2n) is 5.75. The molecule has 0 atom stereocenters. The minimum Gasteiger partial charge on any atom is -0.493 e. The monoisotopic (exact) mass is 404 g/mol. The number of benzene rings is 2. The van der Waals surface area contributed by atoms with Crippen molar-refractivity contribution in [2.24, 2.45) is 5.10 Å². The number of rotatable bonds is 6. The number of methoxy groups -OCH3 is 1. The molecule has 0 saturated carbocycles. The topological polar surface area (TPSA) is 74.7 Å².